The largest absolute Gasteiger partial charge is 0.469 e. The van der Waals surface area contributed by atoms with Gasteiger partial charge in [-0.15, -0.1) is 0 Å². The predicted octanol–water partition coefficient (Wildman–Crippen LogP) is 1.45. The van der Waals surface area contributed by atoms with Crippen molar-refractivity contribution in [1.82, 2.24) is 0 Å². The second-order valence-electron chi connectivity index (χ2n) is 2.76. The summed E-state index contributed by atoms with van der Waals surface area (Å²) in [6.45, 7) is 1.92. The summed E-state index contributed by atoms with van der Waals surface area (Å²) in [6.07, 6.45) is 2.99. The molecule has 0 saturated heterocycles. The zero-order valence-corrected chi connectivity index (χ0v) is 8.83. The first-order valence-corrected chi connectivity index (χ1v) is 4.48. The van der Waals surface area contributed by atoms with E-state index in [1.807, 2.05) is 6.92 Å². The van der Waals surface area contributed by atoms with Crippen LogP contribution in [0, 0.1) is 0 Å². The third kappa shape index (κ3) is 5.35. The van der Waals surface area contributed by atoms with Gasteiger partial charge in [-0.05, 0) is 12.8 Å². The summed E-state index contributed by atoms with van der Waals surface area (Å²) in [7, 11) is 2.67. The molecule has 4 heteroatoms. The zero-order valence-electron chi connectivity index (χ0n) is 8.83. The molecular formula is C10H16O4. The molecule has 0 radical (unpaired) electrons. The smallest absolute Gasteiger partial charge is 0.330 e. The normalized spacial score (nSPS) is 10.9. The van der Waals surface area contributed by atoms with E-state index < -0.39 is 0 Å². The van der Waals surface area contributed by atoms with Crippen LogP contribution < -0.4 is 0 Å². The summed E-state index contributed by atoms with van der Waals surface area (Å²) in [5.41, 5.74) is 0.891. The number of esters is 2. The van der Waals surface area contributed by atoms with Gasteiger partial charge in [-0.2, -0.15) is 0 Å². The third-order valence-electron chi connectivity index (χ3n) is 1.86. The summed E-state index contributed by atoms with van der Waals surface area (Å²) in [5, 5.41) is 0. The Hall–Kier alpha value is -1.32. The number of methoxy groups -OCH3 is 2. The van der Waals surface area contributed by atoms with Gasteiger partial charge < -0.3 is 9.47 Å². The highest BCUT2D eigenvalue weighted by Crippen LogP contribution is 2.10. The molecule has 0 aliphatic heterocycles. The molecule has 0 aromatic heterocycles. The molecule has 0 heterocycles. The molecule has 0 bridgehead atoms. The summed E-state index contributed by atoms with van der Waals surface area (Å²) < 4.78 is 8.98. The molecule has 0 rings (SSSR count). The monoisotopic (exact) mass is 200 g/mol. The third-order valence-corrected chi connectivity index (χ3v) is 1.86. The Kier molecular flexibility index (Phi) is 6.45. The zero-order chi connectivity index (χ0) is 11.0. The van der Waals surface area contributed by atoms with E-state index in [4.69, 9.17) is 0 Å². The Bertz CT molecular complexity index is 230. The van der Waals surface area contributed by atoms with Crippen molar-refractivity contribution in [3.8, 4) is 0 Å². The van der Waals surface area contributed by atoms with Gasteiger partial charge in [0.1, 0.15) is 0 Å². The van der Waals surface area contributed by atoms with Crippen LogP contribution in [0.2, 0.25) is 0 Å². The SMILES string of the molecule is CC/C(=C\C(=O)OC)CCC(=O)OC. The van der Waals surface area contributed by atoms with Crippen LogP contribution in [0.4, 0.5) is 0 Å². The predicted molar refractivity (Wildman–Crippen MR) is 51.6 cm³/mol. The molecule has 0 atom stereocenters. The first-order chi connectivity index (χ1) is 6.63. The average molecular weight is 200 g/mol. The molecule has 0 aromatic carbocycles. The highest BCUT2D eigenvalue weighted by atomic mass is 16.5. The van der Waals surface area contributed by atoms with Crippen molar-refractivity contribution in [2.75, 3.05) is 14.2 Å². The van der Waals surface area contributed by atoms with Crippen molar-refractivity contribution < 1.29 is 19.1 Å². The van der Waals surface area contributed by atoms with Crippen molar-refractivity contribution in [2.24, 2.45) is 0 Å². The first-order valence-electron chi connectivity index (χ1n) is 4.48. The maximum atomic E-state index is 10.9. The van der Waals surface area contributed by atoms with Crippen LogP contribution in [0.15, 0.2) is 11.6 Å². The Morgan fingerprint density at radius 2 is 1.79 bits per heavy atom. The minimum atomic E-state index is -0.383. The van der Waals surface area contributed by atoms with E-state index in [1.54, 1.807) is 0 Å². The highest BCUT2D eigenvalue weighted by molar-refractivity contribution is 5.82. The van der Waals surface area contributed by atoms with Gasteiger partial charge in [0.05, 0.1) is 14.2 Å². The topological polar surface area (TPSA) is 52.6 Å². The molecule has 0 aliphatic carbocycles. The van der Waals surface area contributed by atoms with E-state index in [9.17, 15) is 9.59 Å². The number of carbonyl (C=O) groups is 2. The Morgan fingerprint density at radius 1 is 1.14 bits per heavy atom. The molecule has 14 heavy (non-hydrogen) atoms. The number of ether oxygens (including phenoxy) is 2. The van der Waals surface area contributed by atoms with Crippen molar-refractivity contribution in [3.63, 3.8) is 0 Å². The lowest BCUT2D eigenvalue weighted by atomic mass is 10.1. The van der Waals surface area contributed by atoms with Gasteiger partial charge in [0.25, 0.3) is 0 Å². The van der Waals surface area contributed by atoms with Crippen molar-refractivity contribution >= 4 is 11.9 Å². The van der Waals surface area contributed by atoms with Gasteiger partial charge in [-0.25, -0.2) is 4.79 Å². The van der Waals surface area contributed by atoms with Crippen molar-refractivity contribution in [3.05, 3.63) is 11.6 Å². The maximum absolute atomic E-state index is 10.9. The number of rotatable bonds is 5. The Balaban J connectivity index is 4.09. The van der Waals surface area contributed by atoms with E-state index in [1.165, 1.54) is 20.3 Å². The van der Waals surface area contributed by atoms with E-state index in [0.717, 1.165) is 12.0 Å². The van der Waals surface area contributed by atoms with Gasteiger partial charge in [-0.3, -0.25) is 4.79 Å². The number of carbonyl (C=O) groups excluding carboxylic acids is 2. The molecule has 0 saturated carbocycles. The van der Waals surface area contributed by atoms with Crippen LogP contribution in [0.25, 0.3) is 0 Å². The van der Waals surface area contributed by atoms with Gasteiger partial charge in [-0.1, -0.05) is 12.5 Å². The maximum Gasteiger partial charge on any atom is 0.330 e. The van der Waals surface area contributed by atoms with Crippen molar-refractivity contribution in [1.29, 1.82) is 0 Å². The number of hydrogen-bond acceptors (Lipinski definition) is 4. The highest BCUT2D eigenvalue weighted by Gasteiger charge is 2.04. The van der Waals surface area contributed by atoms with E-state index >= 15 is 0 Å². The lowest BCUT2D eigenvalue weighted by Gasteiger charge is -2.02. The molecule has 0 fully saturated rings. The summed E-state index contributed by atoms with van der Waals surface area (Å²) >= 11 is 0. The second-order valence-corrected chi connectivity index (χ2v) is 2.76. The fourth-order valence-corrected chi connectivity index (χ4v) is 0.941. The van der Waals surface area contributed by atoms with Crippen LogP contribution >= 0.6 is 0 Å². The standard InChI is InChI=1S/C10H16O4/c1-4-8(7-10(12)14-3)5-6-9(11)13-2/h7H,4-6H2,1-3H3/b8-7+. The number of allylic oxidation sites excluding steroid dienone is 1. The minimum Gasteiger partial charge on any atom is -0.469 e. The molecule has 0 unspecified atom stereocenters. The Labute approximate surface area is 83.9 Å². The summed E-state index contributed by atoms with van der Waals surface area (Å²) in [4.78, 5) is 21.7. The molecule has 0 N–H and O–H groups in total. The van der Waals surface area contributed by atoms with E-state index in [-0.39, 0.29) is 11.9 Å². The van der Waals surface area contributed by atoms with Crippen LogP contribution in [0.1, 0.15) is 26.2 Å². The number of hydrogen-bond donors (Lipinski definition) is 0. The van der Waals surface area contributed by atoms with Crippen molar-refractivity contribution in [2.45, 2.75) is 26.2 Å². The minimum absolute atomic E-state index is 0.269. The van der Waals surface area contributed by atoms with Gasteiger partial charge >= 0.3 is 11.9 Å². The molecule has 0 spiro atoms. The molecule has 80 valence electrons. The molecule has 0 aromatic rings. The fourth-order valence-electron chi connectivity index (χ4n) is 0.941. The van der Waals surface area contributed by atoms with Crippen LogP contribution in [0.3, 0.4) is 0 Å². The van der Waals surface area contributed by atoms with Crippen LogP contribution in [-0.2, 0) is 19.1 Å². The van der Waals surface area contributed by atoms with Gasteiger partial charge in [0.2, 0.25) is 0 Å². The van der Waals surface area contributed by atoms with Crippen LogP contribution in [-0.4, -0.2) is 26.2 Å². The van der Waals surface area contributed by atoms with Gasteiger partial charge in [0.15, 0.2) is 0 Å². The van der Waals surface area contributed by atoms with E-state index in [2.05, 4.69) is 9.47 Å². The Morgan fingerprint density at radius 3 is 2.21 bits per heavy atom. The molecule has 0 aliphatic rings. The quantitative estimate of drug-likeness (QED) is 0.498. The molecule has 4 nitrogen and oxygen atoms in total. The second kappa shape index (κ2) is 7.12. The fraction of sp³-hybridized carbons (Fsp3) is 0.600. The molecule has 0 amide bonds. The van der Waals surface area contributed by atoms with Crippen LogP contribution in [0.5, 0.6) is 0 Å². The summed E-state index contributed by atoms with van der Waals surface area (Å²) in [5.74, 6) is -0.652. The first kappa shape index (κ1) is 12.7. The van der Waals surface area contributed by atoms with Gasteiger partial charge in [0, 0.05) is 12.5 Å². The lowest BCUT2D eigenvalue weighted by Crippen LogP contribution is -2.02. The summed E-state index contributed by atoms with van der Waals surface area (Å²) in [6, 6.07) is 0. The average Bonchev–Trinajstić information content (AvgIpc) is 2.22. The lowest BCUT2D eigenvalue weighted by molar-refractivity contribution is -0.140. The van der Waals surface area contributed by atoms with E-state index in [0.29, 0.717) is 12.8 Å². The molecular weight excluding hydrogens is 184 g/mol.